The Hall–Kier alpha value is -5.18. The van der Waals surface area contributed by atoms with Crippen LogP contribution in [-0.2, 0) is 5.41 Å². The summed E-state index contributed by atoms with van der Waals surface area (Å²) in [6.45, 7) is 4.73. The number of para-hydroxylation sites is 1. The highest BCUT2D eigenvalue weighted by Crippen LogP contribution is 2.52. The normalized spacial score (nSPS) is 13.3. The Bertz CT molecular complexity index is 2410. The van der Waals surface area contributed by atoms with Gasteiger partial charge in [0.2, 0.25) is 0 Å². The summed E-state index contributed by atoms with van der Waals surface area (Å²) in [6.07, 6.45) is 0. The monoisotopic (exact) mass is 593 g/mol. The number of nitrogens with zero attached hydrogens (tertiary/aromatic N) is 1. The summed E-state index contributed by atoms with van der Waals surface area (Å²) in [4.78, 5) is 2.51. The van der Waals surface area contributed by atoms with Crippen LogP contribution in [0.4, 0.5) is 17.1 Å². The van der Waals surface area contributed by atoms with Crippen molar-refractivity contribution in [3.63, 3.8) is 0 Å². The first-order valence-electron chi connectivity index (χ1n) is 15.6. The fourth-order valence-electron chi connectivity index (χ4n) is 7.53. The lowest BCUT2D eigenvalue weighted by atomic mass is 9.82. The van der Waals surface area contributed by atoms with Crippen molar-refractivity contribution in [2.24, 2.45) is 0 Å². The zero-order chi connectivity index (χ0) is 30.1. The summed E-state index contributed by atoms with van der Waals surface area (Å²) >= 11 is 1.88. The van der Waals surface area contributed by atoms with Crippen LogP contribution in [0, 0.1) is 0 Å². The molecule has 0 saturated carbocycles. The van der Waals surface area contributed by atoms with Gasteiger partial charge in [-0.05, 0) is 69.6 Å². The summed E-state index contributed by atoms with van der Waals surface area (Å²) in [7, 11) is 0. The summed E-state index contributed by atoms with van der Waals surface area (Å²) in [5, 5.41) is 5.19. The van der Waals surface area contributed by atoms with E-state index in [9.17, 15) is 0 Å². The Morgan fingerprint density at radius 3 is 2.09 bits per heavy atom. The summed E-state index contributed by atoms with van der Waals surface area (Å²) in [5.41, 5.74) is 11.3. The molecule has 0 aliphatic heterocycles. The highest BCUT2D eigenvalue weighted by Gasteiger charge is 2.36. The first kappa shape index (κ1) is 26.2. The topological polar surface area (TPSA) is 3.24 Å². The highest BCUT2D eigenvalue weighted by molar-refractivity contribution is 7.26. The molecule has 0 atom stereocenters. The second-order valence-corrected chi connectivity index (χ2v) is 13.6. The van der Waals surface area contributed by atoms with Crippen molar-refractivity contribution in [2.75, 3.05) is 4.90 Å². The number of anilines is 3. The third kappa shape index (κ3) is 3.92. The van der Waals surface area contributed by atoms with Crippen LogP contribution in [0.25, 0.3) is 53.2 Å². The van der Waals surface area contributed by atoms with Gasteiger partial charge in [-0.2, -0.15) is 0 Å². The molecule has 0 fully saturated rings. The van der Waals surface area contributed by atoms with Gasteiger partial charge in [0.25, 0.3) is 0 Å². The third-order valence-electron chi connectivity index (χ3n) is 9.66. The quantitative estimate of drug-likeness (QED) is 0.196. The van der Waals surface area contributed by atoms with Crippen molar-refractivity contribution in [3.8, 4) is 22.3 Å². The molecule has 0 radical (unpaired) electrons. The Labute approximate surface area is 267 Å². The summed E-state index contributed by atoms with van der Waals surface area (Å²) in [6, 6.07) is 55.8. The number of benzene rings is 7. The molecule has 1 aromatic heterocycles. The number of fused-ring (bicyclic) bond motifs is 8. The molecule has 0 bridgehead atoms. The second-order valence-electron chi connectivity index (χ2n) is 12.5. The van der Waals surface area contributed by atoms with E-state index in [1.165, 1.54) is 81.4 Å². The molecule has 9 rings (SSSR count). The van der Waals surface area contributed by atoms with Gasteiger partial charge in [0.05, 0.1) is 11.4 Å². The maximum atomic E-state index is 2.51. The number of rotatable bonds is 4. The van der Waals surface area contributed by atoms with Gasteiger partial charge in [-0.15, -0.1) is 11.3 Å². The SMILES string of the molecule is CC1(C)c2ccccc2-c2ccc(N(c3ccccc3-c3ccccc3)c3cccc4ccc5sc6ccccc6c5c34)cc21. The van der Waals surface area contributed by atoms with Gasteiger partial charge in [-0.1, -0.05) is 129 Å². The molecule has 45 heavy (non-hydrogen) atoms. The number of hydrogen-bond donors (Lipinski definition) is 0. The first-order chi connectivity index (χ1) is 22.1. The van der Waals surface area contributed by atoms with E-state index in [4.69, 9.17) is 0 Å². The Morgan fingerprint density at radius 1 is 0.489 bits per heavy atom. The molecule has 1 heterocycles. The first-order valence-corrected chi connectivity index (χ1v) is 16.4. The van der Waals surface area contributed by atoms with Crippen molar-refractivity contribution >= 4 is 59.3 Å². The Morgan fingerprint density at radius 2 is 1.20 bits per heavy atom. The molecule has 0 saturated heterocycles. The van der Waals surface area contributed by atoms with Gasteiger partial charge in [0, 0.05) is 42.2 Å². The van der Waals surface area contributed by atoms with E-state index in [1.54, 1.807) is 0 Å². The van der Waals surface area contributed by atoms with E-state index in [-0.39, 0.29) is 5.41 Å². The van der Waals surface area contributed by atoms with Crippen LogP contribution in [0.2, 0.25) is 0 Å². The number of thiophene rings is 1. The minimum atomic E-state index is -0.0951. The minimum Gasteiger partial charge on any atom is -0.309 e. The van der Waals surface area contributed by atoms with Crippen LogP contribution in [0.15, 0.2) is 152 Å². The smallest absolute Gasteiger partial charge is 0.0547 e. The predicted molar refractivity (Wildman–Crippen MR) is 195 cm³/mol. The molecular weight excluding hydrogens is 563 g/mol. The van der Waals surface area contributed by atoms with Gasteiger partial charge in [0.1, 0.15) is 0 Å². The van der Waals surface area contributed by atoms with Crippen molar-refractivity contribution in [1.82, 2.24) is 0 Å². The van der Waals surface area contributed by atoms with Gasteiger partial charge >= 0.3 is 0 Å². The average molecular weight is 594 g/mol. The molecule has 1 aliphatic rings. The highest BCUT2D eigenvalue weighted by atomic mass is 32.1. The predicted octanol–water partition coefficient (Wildman–Crippen LogP) is 12.7. The molecular formula is C43H31NS. The van der Waals surface area contributed by atoms with Crippen LogP contribution in [0.5, 0.6) is 0 Å². The van der Waals surface area contributed by atoms with Gasteiger partial charge in [-0.25, -0.2) is 0 Å². The molecule has 0 spiro atoms. The van der Waals surface area contributed by atoms with E-state index in [0.29, 0.717) is 0 Å². The summed E-state index contributed by atoms with van der Waals surface area (Å²) < 4.78 is 2.64. The van der Waals surface area contributed by atoms with Crippen molar-refractivity contribution < 1.29 is 0 Å². The van der Waals surface area contributed by atoms with Gasteiger partial charge in [0.15, 0.2) is 0 Å². The van der Waals surface area contributed by atoms with Crippen molar-refractivity contribution in [1.29, 1.82) is 0 Å². The molecule has 0 unspecified atom stereocenters. The number of hydrogen-bond acceptors (Lipinski definition) is 2. The van der Waals surface area contributed by atoms with Crippen LogP contribution in [-0.4, -0.2) is 0 Å². The lowest BCUT2D eigenvalue weighted by Gasteiger charge is -2.31. The zero-order valence-corrected chi connectivity index (χ0v) is 26.1. The maximum Gasteiger partial charge on any atom is 0.0547 e. The van der Waals surface area contributed by atoms with Gasteiger partial charge in [-0.3, -0.25) is 0 Å². The van der Waals surface area contributed by atoms with Crippen LogP contribution >= 0.6 is 11.3 Å². The Balaban J connectivity index is 1.38. The summed E-state index contributed by atoms with van der Waals surface area (Å²) in [5.74, 6) is 0. The third-order valence-corrected chi connectivity index (χ3v) is 10.8. The van der Waals surface area contributed by atoms with Crippen molar-refractivity contribution in [2.45, 2.75) is 19.3 Å². The molecule has 1 nitrogen and oxygen atoms in total. The average Bonchev–Trinajstić information content (AvgIpc) is 3.58. The van der Waals surface area contributed by atoms with E-state index >= 15 is 0 Å². The van der Waals surface area contributed by atoms with E-state index in [1.807, 2.05) is 11.3 Å². The fourth-order valence-corrected chi connectivity index (χ4v) is 8.64. The lowest BCUT2D eigenvalue weighted by Crippen LogP contribution is -2.17. The fraction of sp³-hybridized carbons (Fsp3) is 0.0698. The lowest BCUT2D eigenvalue weighted by molar-refractivity contribution is 0.660. The van der Waals surface area contributed by atoms with E-state index in [0.717, 1.165) is 0 Å². The molecule has 2 heteroatoms. The van der Waals surface area contributed by atoms with Crippen LogP contribution < -0.4 is 4.90 Å². The van der Waals surface area contributed by atoms with Gasteiger partial charge < -0.3 is 4.90 Å². The van der Waals surface area contributed by atoms with E-state index in [2.05, 4.69) is 170 Å². The molecule has 214 valence electrons. The molecule has 1 aliphatic carbocycles. The molecule has 8 aromatic rings. The molecule has 7 aromatic carbocycles. The van der Waals surface area contributed by atoms with E-state index < -0.39 is 0 Å². The largest absolute Gasteiger partial charge is 0.309 e. The Kier molecular flexibility index (Phi) is 5.78. The minimum absolute atomic E-state index is 0.0951. The second kappa shape index (κ2) is 9.92. The maximum absolute atomic E-state index is 2.51. The van der Waals surface area contributed by atoms with Crippen LogP contribution in [0.1, 0.15) is 25.0 Å². The molecule has 0 amide bonds. The van der Waals surface area contributed by atoms with Crippen molar-refractivity contribution in [3.05, 3.63) is 163 Å². The molecule has 0 N–H and O–H groups in total. The standard InChI is InChI=1S/C43H31NS/c1-43(2)35-19-9-6-17-32(35)33-25-24-30(27-36(33)43)44(37-20-10-7-16-31(37)28-13-4-3-5-14-28)38-21-12-15-29-23-26-40-42(41(29)38)34-18-8-11-22-39(34)45-40/h3-27H,1-2H3. The van der Waals surface area contributed by atoms with Crippen LogP contribution in [0.3, 0.4) is 0 Å². The zero-order valence-electron chi connectivity index (χ0n) is 25.3.